The Morgan fingerprint density at radius 1 is 0.964 bits per heavy atom. The molecule has 0 unspecified atom stereocenters. The maximum absolute atomic E-state index is 13.9. The van der Waals surface area contributed by atoms with E-state index in [1.54, 1.807) is 29.2 Å². The molecule has 3 heterocycles. The SMILES string of the molecule is O=C(c1ccc(F)c(F)c1F)N1CCN(c2cc(-n3cccn3)ncn2)CC1. The number of carbonyl (C=O) groups is 1. The normalized spacial score (nSPS) is 14.4. The van der Waals surface area contributed by atoms with Crippen molar-refractivity contribution < 1.29 is 18.0 Å². The number of hydrogen-bond acceptors (Lipinski definition) is 5. The lowest BCUT2D eigenvalue weighted by molar-refractivity contribution is 0.0740. The van der Waals surface area contributed by atoms with Gasteiger partial charge in [0.1, 0.15) is 12.1 Å². The first-order valence-corrected chi connectivity index (χ1v) is 8.54. The maximum Gasteiger partial charge on any atom is 0.257 e. The second kappa shape index (κ2) is 7.29. The van der Waals surface area contributed by atoms with E-state index in [-0.39, 0.29) is 0 Å². The lowest BCUT2D eigenvalue weighted by atomic mass is 10.1. The highest BCUT2D eigenvalue weighted by Crippen LogP contribution is 2.20. The molecule has 0 spiro atoms. The molecule has 2 aromatic heterocycles. The molecule has 1 aromatic carbocycles. The van der Waals surface area contributed by atoms with Crippen molar-refractivity contribution in [2.75, 3.05) is 31.1 Å². The predicted molar refractivity (Wildman–Crippen MR) is 93.6 cm³/mol. The topological polar surface area (TPSA) is 67.2 Å². The average molecular weight is 388 g/mol. The standard InChI is InChI=1S/C18H15F3N6O/c19-13-3-2-12(16(20)17(13)21)18(28)26-8-6-25(7-9-26)14-10-15(23-11-22-14)27-5-1-4-24-27/h1-5,10-11H,6-9H2. The molecule has 4 rings (SSSR count). The van der Waals surface area contributed by atoms with Crippen molar-refractivity contribution in [1.29, 1.82) is 0 Å². The first-order chi connectivity index (χ1) is 13.5. The fourth-order valence-corrected chi connectivity index (χ4v) is 3.04. The third-order valence-electron chi connectivity index (χ3n) is 4.53. The zero-order valence-corrected chi connectivity index (χ0v) is 14.6. The smallest absolute Gasteiger partial charge is 0.257 e. The van der Waals surface area contributed by atoms with Gasteiger partial charge in [-0.05, 0) is 18.2 Å². The zero-order chi connectivity index (χ0) is 19.7. The van der Waals surface area contributed by atoms with E-state index in [2.05, 4.69) is 15.1 Å². The first-order valence-electron chi connectivity index (χ1n) is 8.54. The molecule has 144 valence electrons. The van der Waals surface area contributed by atoms with Gasteiger partial charge in [0.15, 0.2) is 23.3 Å². The summed E-state index contributed by atoms with van der Waals surface area (Å²) in [5.74, 6) is -3.82. The Labute approximate surface area is 158 Å². The van der Waals surface area contributed by atoms with Crippen LogP contribution in [0.1, 0.15) is 10.4 Å². The molecule has 28 heavy (non-hydrogen) atoms. The number of halogens is 3. The highest BCUT2D eigenvalue weighted by atomic mass is 19.2. The second-order valence-electron chi connectivity index (χ2n) is 6.19. The molecule has 0 bridgehead atoms. The number of piperazine rings is 1. The largest absolute Gasteiger partial charge is 0.353 e. The van der Waals surface area contributed by atoms with Crippen LogP contribution in [0.5, 0.6) is 0 Å². The molecule has 7 nitrogen and oxygen atoms in total. The van der Waals surface area contributed by atoms with Gasteiger partial charge in [0.05, 0.1) is 5.56 Å². The summed E-state index contributed by atoms with van der Waals surface area (Å²) in [5.41, 5.74) is -0.477. The molecular weight excluding hydrogens is 373 g/mol. The van der Waals surface area contributed by atoms with Gasteiger partial charge in [-0.25, -0.2) is 27.8 Å². The molecule has 0 saturated carbocycles. The van der Waals surface area contributed by atoms with E-state index >= 15 is 0 Å². The monoisotopic (exact) mass is 388 g/mol. The van der Waals surface area contributed by atoms with Crippen LogP contribution >= 0.6 is 0 Å². The summed E-state index contributed by atoms with van der Waals surface area (Å²) < 4.78 is 42.0. The van der Waals surface area contributed by atoms with Crippen molar-refractivity contribution >= 4 is 11.7 Å². The van der Waals surface area contributed by atoms with E-state index in [1.807, 2.05) is 4.90 Å². The van der Waals surface area contributed by atoms with E-state index in [0.717, 1.165) is 12.1 Å². The molecule has 0 atom stereocenters. The van der Waals surface area contributed by atoms with Gasteiger partial charge in [-0.2, -0.15) is 5.10 Å². The van der Waals surface area contributed by atoms with Crippen molar-refractivity contribution in [3.63, 3.8) is 0 Å². The minimum absolute atomic E-state index is 0.290. The number of aromatic nitrogens is 4. The summed E-state index contributed by atoms with van der Waals surface area (Å²) in [5, 5.41) is 4.13. The number of carbonyl (C=O) groups excluding carboxylic acids is 1. The van der Waals surface area contributed by atoms with Crippen LogP contribution in [0.2, 0.25) is 0 Å². The number of rotatable bonds is 3. The van der Waals surface area contributed by atoms with Crippen LogP contribution < -0.4 is 4.90 Å². The zero-order valence-electron chi connectivity index (χ0n) is 14.6. The highest BCUT2D eigenvalue weighted by Gasteiger charge is 2.27. The lowest BCUT2D eigenvalue weighted by Crippen LogP contribution is -2.49. The Bertz CT molecular complexity index is 1000. The number of anilines is 1. The van der Waals surface area contributed by atoms with Crippen molar-refractivity contribution in [3.05, 3.63) is 66.0 Å². The van der Waals surface area contributed by atoms with Gasteiger partial charge in [-0.3, -0.25) is 4.79 Å². The fourth-order valence-electron chi connectivity index (χ4n) is 3.04. The molecule has 10 heteroatoms. The molecular formula is C18H15F3N6O. The van der Waals surface area contributed by atoms with Crippen molar-refractivity contribution in [2.45, 2.75) is 0 Å². The summed E-state index contributed by atoms with van der Waals surface area (Å²) >= 11 is 0. The summed E-state index contributed by atoms with van der Waals surface area (Å²) in [6.07, 6.45) is 4.84. The van der Waals surface area contributed by atoms with Crippen LogP contribution in [0, 0.1) is 17.5 Å². The van der Waals surface area contributed by atoms with Crippen molar-refractivity contribution in [1.82, 2.24) is 24.6 Å². The summed E-state index contributed by atoms with van der Waals surface area (Å²) in [6.45, 7) is 1.48. The molecule has 1 saturated heterocycles. The third kappa shape index (κ3) is 3.28. The number of hydrogen-bond donors (Lipinski definition) is 0. The molecule has 1 fully saturated rings. The minimum atomic E-state index is -1.64. The van der Waals surface area contributed by atoms with Crippen LogP contribution in [-0.2, 0) is 0 Å². The average Bonchev–Trinajstić information content (AvgIpc) is 3.27. The Morgan fingerprint density at radius 2 is 1.71 bits per heavy atom. The molecule has 1 aliphatic rings. The molecule has 1 amide bonds. The van der Waals surface area contributed by atoms with Crippen LogP contribution in [0.15, 0.2) is 43.0 Å². The van der Waals surface area contributed by atoms with Crippen LogP contribution in [0.3, 0.4) is 0 Å². The van der Waals surface area contributed by atoms with Crippen molar-refractivity contribution in [3.8, 4) is 5.82 Å². The molecule has 3 aromatic rings. The van der Waals surface area contributed by atoms with Crippen LogP contribution in [0.25, 0.3) is 5.82 Å². The third-order valence-corrected chi connectivity index (χ3v) is 4.53. The maximum atomic E-state index is 13.9. The van der Waals surface area contributed by atoms with Gasteiger partial charge in [-0.1, -0.05) is 0 Å². The molecule has 0 aliphatic carbocycles. The summed E-state index contributed by atoms with van der Waals surface area (Å²) in [7, 11) is 0. The van der Waals surface area contributed by atoms with E-state index in [9.17, 15) is 18.0 Å². The van der Waals surface area contributed by atoms with E-state index in [4.69, 9.17) is 0 Å². The first kappa shape index (κ1) is 18.0. The predicted octanol–water partition coefficient (Wildman–Crippen LogP) is 2.04. The van der Waals surface area contributed by atoms with E-state index in [0.29, 0.717) is 37.8 Å². The molecule has 0 N–H and O–H groups in total. The van der Waals surface area contributed by atoms with Gasteiger partial charge >= 0.3 is 0 Å². The molecule has 1 aliphatic heterocycles. The lowest BCUT2D eigenvalue weighted by Gasteiger charge is -2.35. The van der Waals surface area contributed by atoms with Crippen LogP contribution in [-0.4, -0.2) is 56.7 Å². The van der Waals surface area contributed by atoms with Gasteiger partial charge in [0, 0.05) is 44.6 Å². The summed E-state index contributed by atoms with van der Waals surface area (Å²) in [6, 6.07) is 5.27. The van der Waals surface area contributed by atoms with Gasteiger partial charge < -0.3 is 9.80 Å². The minimum Gasteiger partial charge on any atom is -0.353 e. The Morgan fingerprint density at radius 3 is 2.43 bits per heavy atom. The second-order valence-corrected chi connectivity index (χ2v) is 6.19. The highest BCUT2D eigenvalue weighted by molar-refractivity contribution is 5.94. The Hall–Kier alpha value is -3.43. The van der Waals surface area contributed by atoms with E-state index < -0.39 is 28.9 Å². The summed E-state index contributed by atoms with van der Waals surface area (Å²) in [4.78, 5) is 24.3. The molecule has 0 radical (unpaired) electrons. The van der Waals surface area contributed by atoms with Gasteiger partial charge in [-0.15, -0.1) is 0 Å². The Balaban J connectivity index is 1.46. The fraction of sp³-hybridized carbons (Fsp3) is 0.222. The van der Waals surface area contributed by atoms with E-state index in [1.165, 1.54) is 11.2 Å². The quantitative estimate of drug-likeness (QED) is 0.643. The van der Waals surface area contributed by atoms with Crippen molar-refractivity contribution in [2.24, 2.45) is 0 Å². The number of benzene rings is 1. The number of nitrogens with zero attached hydrogens (tertiary/aromatic N) is 6. The van der Waals surface area contributed by atoms with Gasteiger partial charge in [0.2, 0.25) is 0 Å². The number of amides is 1. The Kier molecular flexibility index (Phi) is 4.68. The van der Waals surface area contributed by atoms with Crippen LogP contribution in [0.4, 0.5) is 19.0 Å². The van der Waals surface area contributed by atoms with Gasteiger partial charge in [0.25, 0.3) is 5.91 Å².